The molecule has 262 valence electrons. The number of nitrogens with zero attached hydrogens (tertiary/aromatic N) is 3. The Morgan fingerprint density at radius 1 is 0.357 bits per heavy atom. The molecule has 0 N–H and O–H groups in total. The third-order valence-corrected chi connectivity index (χ3v) is 10.8. The van der Waals surface area contributed by atoms with Crippen molar-refractivity contribution in [2.45, 2.75) is 0 Å². The Kier molecular flexibility index (Phi) is 7.46. The Morgan fingerprint density at radius 2 is 0.875 bits per heavy atom. The lowest BCUT2D eigenvalue weighted by Gasteiger charge is -2.26. The maximum absolute atomic E-state index is 6.26. The highest BCUT2D eigenvalue weighted by Crippen LogP contribution is 2.42. The van der Waals surface area contributed by atoms with Gasteiger partial charge in [-0.25, -0.2) is 9.97 Å². The summed E-state index contributed by atoms with van der Waals surface area (Å²) in [5.41, 5.74) is 12.8. The second-order valence-electron chi connectivity index (χ2n) is 14.2. The van der Waals surface area contributed by atoms with Gasteiger partial charge in [0.1, 0.15) is 11.2 Å². The summed E-state index contributed by atoms with van der Waals surface area (Å²) in [5, 5.41) is 6.64. The Hall–Kier alpha value is -7.56. The summed E-state index contributed by atoms with van der Waals surface area (Å²) in [6, 6.07) is 70.3. The zero-order chi connectivity index (χ0) is 37.0. The van der Waals surface area contributed by atoms with Crippen LogP contribution in [0.25, 0.3) is 88.2 Å². The molecule has 0 bridgehead atoms. The van der Waals surface area contributed by atoms with E-state index in [1.165, 1.54) is 11.1 Å². The largest absolute Gasteiger partial charge is 0.456 e. The molecule has 4 nitrogen and oxygen atoms in total. The number of hydrogen-bond donors (Lipinski definition) is 0. The van der Waals surface area contributed by atoms with Gasteiger partial charge in [0, 0.05) is 44.3 Å². The number of para-hydroxylation sites is 1. The summed E-state index contributed by atoms with van der Waals surface area (Å²) in [4.78, 5) is 13.2. The van der Waals surface area contributed by atoms with E-state index in [0.717, 1.165) is 94.1 Å². The lowest BCUT2D eigenvalue weighted by atomic mass is 9.98. The van der Waals surface area contributed by atoms with Gasteiger partial charge in [0.2, 0.25) is 0 Å². The molecule has 11 aromatic rings. The lowest BCUT2D eigenvalue weighted by Crippen LogP contribution is -2.10. The van der Waals surface area contributed by atoms with E-state index in [1.54, 1.807) is 0 Å². The van der Waals surface area contributed by atoms with Crippen LogP contribution in [-0.4, -0.2) is 9.97 Å². The van der Waals surface area contributed by atoms with Crippen LogP contribution >= 0.6 is 0 Å². The maximum atomic E-state index is 6.26. The van der Waals surface area contributed by atoms with Crippen LogP contribution in [0.4, 0.5) is 17.1 Å². The molecule has 0 aliphatic rings. The van der Waals surface area contributed by atoms with E-state index < -0.39 is 0 Å². The molecule has 0 atom stereocenters. The predicted octanol–water partition coefficient (Wildman–Crippen LogP) is 14.3. The molecule has 0 aliphatic heterocycles. The molecule has 0 amide bonds. The first-order valence-electron chi connectivity index (χ1n) is 18.9. The van der Waals surface area contributed by atoms with Gasteiger partial charge >= 0.3 is 0 Å². The highest BCUT2D eigenvalue weighted by molar-refractivity contribution is 6.19. The minimum atomic E-state index is 0.861. The maximum Gasteiger partial charge on any atom is 0.135 e. The van der Waals surface area contributed by atoms with Crippen molar-refractivity contribution >= 4 is 71.6 Å². The van der Waals surface area contributed by atoms with E-state index in [0.29, 0.717) is 0 Å². The van der Waals surface area contributed by atoms with Crippen molar-refractivity contribution in [2.24, 2.45) is 0 Å². The van der Waals surface area contributed by atoms with Crippen molar-refractivity contribution in [3.63, 3.8) is 0 Å². The topological polar surface area (TPSA) is 42.2 Å². The Labute approximate surface area is 323 Å². The van der Waals surface area contributed by atoms with Crippen LogP contribution in [0.3, 0.4) is 0 Å². The van der Waals surface area contributed by atoms with Crippen LogP contribution in [0.5, 0.6) is 0 Å². The van der Waals surface area contributed by atoms with E-state index in [-0.39, 0.29) is 0 Å². The molecule has 2 aromatic heterocycles. The molecule has 4 heteroatoms. The fraction of sp³-hybridized carbons (Fsp3) is 0. The molecular weight excluding hydrogens is 683 g/mol. The van der Waals surface area contributed by atoms with Crippen molar-refractivity contribution in [1.82, 2.24) is 9.97 Å². The van der Waals surface area contributed by atoms with Crippen molar-refractivity contribution in [2.75, 3.05) is 4.90 Å². The smallest absolute Gasteiger partial charge is 0.135 e. The molecule has 2 heterocycles. The summed E-state index contributed by atoms with van der Waals surface area (Å²) >= 11 is 0. The first-order valence-corrected chi connectivity index (χ1v) is 18.9. The van der Waals surface area contributed by atoms with Crippen molar-refractivity contribution in [1.29, 1.82) is 0 Å². The van der Waals surface area contributed by atoms with E-state index >= 15 is 0 Å². The predicted molar refractivity (Wildman–Crippen MR) is 233 cm³/mol. The summed E-state index contributed by atoms with van der Waals surface area (Å²) in [5.74, 6) is 0. The second kappa shape index (κ2) is 13.1. The summed E-state index contributed by atoms with van der Waals surface area (Å²) < 4.78 is 6.26. The average molecular weight is 716 g/mol. The average Bonchev–Trinajstić information content (AvgIpc) is 3.65. The van der Waals surface area contributed by atoms with E-state index in [9.17, 15) is 0 Å². The SMILES string of the molecule is c1ccc(-c2ccc(N(c3ccc4oc5ccccc5c4c3)c3ccc4ccc5ccc6nc(-c7ccccc7)c(-c7ccccc7)nc6c5c4c3)cc2)cc1. The molecule has 0 aliphatic carbocycles. The van der Waals surface area contributed by atoms with E-state index in [4.69, 9.17) is 14.4 Å². The molecular formula is C52H33N3O. The fourth-order valence-corrected chi connectivity index (χ4v) is 8.11. The quantitative estimate of drug-likeness (QED) is 0.161. The number of furan rings is 1. The van der Waals surface area contributed by atoms with Crippen LogP contribution in [0.15, 0.2) is 205 Å². The molecule has 9 aromatic carbocycles. The standard InChI is InChI=1S/C52H33N3O/c1-4-12-34(13-5-1)35-22-26-40(27-23-35)55(42-29-31-48-45(33-42)43-18-10-11-19-47(43)56-48)41-28-24-36-20-21-37-25-30-46-52(49(37)44(36)32-41)54-51(39-16-8-3-9-17-39)50(53-46)38-14-6-2-7-15-38/h1-33H. The van der Waals surface area contributed by atoms with E-state index in [2.05, 4.69) is 181 Å². The monoisotopic (exact) mass is 715 g/mol. The number of benzene rings is 9. The summed E-state index contributed by atoms with van der Waals surface area (Å²) in [6.45, 7) is 0. The molecule has 0 saturated carbocycles. The van der Waals surface area contributed by atoms with Gasteiger partial charge in [-0.15, -0.1) is 0 Å². The summed E-state index contributed by atoms with van der Waals surface area (Å²) in [7, 11) is 0. The number of hydrogen-bond acceptors (Lipinski definition) is 4. The number of fused-ring (bicyclic) bond motifs is 8. The van der Waals surface area contributed by atoms with Crippen LogP contribution in [0.2, 0.25) is 0 Å². The van der Waals surface area contributed by atoms with Gasteiger partial charge in [0.25, 0.3) is 0 Å². The Bertz CT molecular complexity index is 3230. The van der Waals surface area contributed by atoms with Gasteiger partial charge in [-0.05, 0) is 81.9 Å². The first kappa shape index (κ1) is 31.9. The van der Waals surface area contributed by atoms with Gasteiger partial charge in [-0.1, -0.05) is 146 Å². The van der Waals surface area contributed by atoms with Crippen molar-refractivity contribution in [3.8, 4) is 33.6 Å². The minimum absolute atomic E-state index is 0.861. The van der Waals surface area contributed by atoms with Crippen LogP contribution in [0, 0.1) is 0 Å². The third-order valence-electron chi connectivity index (χ3n) is 10.8. The van der Waals surface area contributed by atoms with Crippen molar-refractivity contribution < 1.29 is 4.42 Å². The molecule has 0 unspecified atom stereocenters. The highest BCUT2D eigenvalue weighted by Gasteiger charge is 2.19. The molecule has 11 rings (SSSR count). The van der Waals surface area contributed by atoms with Crippen LogP contribution < -0.4 is 4.90 Å². The Morgan fingerprint density at radius 3 is 1.61 bits per heavy atom. The molecule has 0 fully saturated rings. The van der Waals surface area contributed by atoms with Crippen molar-refractivity contribution in [3.05, 3.63) is 200 Å². The highest BCUT2D eigenvalue weighted by atomic mass is 16.3. The lowest BCUT2D eigenvalue weighted by molar-refractivity contribution is 0.669. The van der Waals surface area contributed by atoms with Gasteiger partial charge < -0.3 is 9.32 Å². The number of rotatable bonds is 6. The number of aromatic nitrogens is 2. The van der Waals surface area contributed by atoms with Gasteiger partial charge in [-0.2, -0.15) is 0 Å². The molecule has 56 heavy (non-hydrogen) atoms. The minimum Gasteiger partial charge on any atom is -0.456 e. The van der Waals surface area contributed by atoms with Gasteiger partial charge in [-0.3, -0.25) is 0 Å². The normalized spacial score (nSPS) is 11.6. The van der Waals surface area contributed by atoms with Crippen LogP contribution in [-0.2, 0) is 0 Å². The first-order chi connectivity index (χ1) is 27.7. The van der Waals surface area contributed by atoms with Crippen LogP contribution in [0.1, 0.15) is 0 Å². The van der Waals surface area contributed by atoms with E-state index in [1.807, 2.05) is 24.3 Å². The third kappa shape index (κ3) is 5.39. The van der Waals surface area contributed by atoms with Gasteiger partial charge in [0.15, 0.2) is 0 Å². The molecule has 0 saturated heterocycles. The molecule has 0 radical (unpaired) electrons. The zero-order valence-electron chi connectivity index (χ0n) is 30.3. The Balaban J connectivity index is 1.15. The molecule has 0 spiro atoms. The van der Waals surface area contributed by atoms with Gasteiger partial charge in [0.05, 0.1) is 22.4 Å². The zero-order valence-corrected chi connectivity index (χ0v) is 30.3. The second-order valence-corrected chi connectivity index (χ2v) is 14.2. The summed E-state index contributed by atoms with van der Waals surface area (Å²) in [6.07, 6.45) is 0. The number of anilines is 3. The fourth-order valence-electron chi connectivity index (χ4n) is 8.11.